The maximum Gasteiger partial charge on any atom is 0.573 e. The van der Waals surface area contributed by atoms with Crippen LogP contribution in [-0.4, -0.2) is 27.2 Å². The van der Waals surface area contributed by atoms with Crippen molar-refractivity contribution in [3.63, 3.8) is 0 Å². The number of aliphatic hydroxyl groups is 2. The first-order valence-electron chi connectivity index (χ1n) is 7.79. The van der Waals surface area contributed by atoms with Crippen molar-refractivity contribution >= 4 is 0 Å². The lowest BCUT2D eigenvalue weighted by molar-refractivity contribution is -0.274. The lowest BCUT2D eigenvalue weighted by atomic mass is 9.53. The number of nitrogens with zero attached hydrogens (tertiary/aromatic N) is 1. The van der Waals surface area contributed by atoms with Gasteiger partial charge < -0.3 is 14.9 Å². The lowest BCUT2D eigenvalue weighted by Gasteiger charge is -2.54. The highest BCUT2D eigenvalue weighted by Crippen LogP contribution is 2.56. The Balaban J connectivity index is 1.92. The minimum Gasteiger partial charge on any atom is -0.406 e. The van der Waals surface area contributed by atoms with Crippen molar-refractivity contribution in [2.75, 3.05) is 0 Å². The molecule has 0 bridgehead atoms. The minimum absolute atomic E-state index is 0.275. The summed E-state index contributed by atoms with van der Waals surface area (Å²) in [7, 11) is 0. The van der Waals surface area contributed by atoms with E-state index in [0.717, 1.165) is 0 Å². The van der Waals surface area contributed by atoms with Crippen molar-refractivity contribution < 1.29 is 28.1 Å². The number of aromatic nitrogens is 1. The van der Waals surface area contributed by atoms with Gasteiger partial charge in [-0.05, 0) is 49.6 Å². The molecule has 2 aromatic rings. The van der Waals surface area contributed by atoms with Gasteiger partial charge in [-0.3, -0.25) is 4.98 Å². The van der Waals surface area contributed by atoms with E-state index in [1.165, 1.54) is 24.3 Å². The SMILES string of the molecule is C[C@]1(O)C[C@@](c2ccc(OC(F)(F)F)cc2)([C@H](O)c2ccccn2)C1. The maximum absolute atomic E-state index is 12.3. The van der Waals surface area contributed by atoms with Crippen LogP contribution in [0.4, 0.5) is 13.2 Å². The Morgan fingerprint density at radius 1 is 1.12 bits per heavy atom. The lowest BCUT2D eigenvalue weighted by Crippen LogP contribution is -2.56. The highest BCUT2D eigenvalue weighted by atomic mass is 19.4. The molecule has 0 aliphatic heterocycles. The summed E-state index contributed by atoms with van der Waals surface area (Å²) < 4.78 is 40.8. The van der Waals surface area contributed by atoms with Gasteiger partial charge in [0, 0.05) is 11.6 Å². The van der Waals surface area contributed by atoms with E-state index in [1.54, 1.807) is 31.3 Å². The van der Waals surface area contributed by atoms with Crippen molar-refractivity contribution in [1.29, 1.82) is 0 Å². The summed E-state index contributed by atoms with van der Waals surface area (Å²) in [6, 6.07) is 10.6. The number of benzene rings is 1. The van der Waals surface area contributed by atoms with Crippen LogP contribution in [-0.2, 0) is 5.41 Å². The largest absolute Gasteiger partial charge is 0.573 e. The van der Waals surface area contributed by atoms with Gasteiger partial charge in [-0.1, -0.05) is 18.2 Å². The summed E-state index contributed by atoms with van der Waals surface area (Å²) in [6.07, 6.45) is -3.63. The van der Waals surface area contributed by atoms with Gasteiger partial charge in [-0.15, -0.1) is 13.2 Å². The van der Waals surface area contributed by atoms with Gasteiger partial charge in [-0.2, -0.15) is 0 Å². The second-order valence-corrected chi connectivity index (χ2v) is 6.74. The molecule has 1 atom stereocenters. The van der Waals surface area contributed by atoms with Gasteiger partial charge in [0.2, 0.25) is 0 Å². The van der Waals surface area contributed by atoms with Crippen LogP contribution in [0.25, 0.3) is 0 Å². The van der Waals surface area contributed by atoms with Crippen molar-refractivity contribution in [3.05, 3.63) is 59.9 Å². The van der Waals surface area contributed by atoms with Gasteiger partial charge >= 0.3 is 6.36 Å². The molecule has 1 heterocycles. The standard InChI is InChI=1S/C18H18F3NO3/c1-16(24)10-17(11-16,15(23)14-4-2-3-9-22-14)12-5-7-13(8-6-12)25-18(19,20)21/h2-9,15,23-24H,10-11H2,1H3/t15-,16-,17+/m1/s1. The third-order valence-electron chi connectivity index (χ3n) is 4.55. The zero-order valence-corrected chi connectivity index (χ0v) is 13.5. The molecule has 134 valence electrons. The molecule has 1 aliphatic carbocycles. The quantitative estimate of drug-likeness (QED) is 0.883. The second-order valence-electron chi connectivity index (χ2n) is 6.74. The van der Waals surface area contributed by atoms with E-state index >= 15 is 0 Å². The zero-order valence-electron chi connectivity index (χ0n) is 13.5. The first kappa shape index (κ1) is 17.7. The monoisotopic (exact) mass is 353 g/mol. The number of halogens is 3. The fourth-order valence-corrected chi connectivity index (χ4v) is 3.67. The minimum atomic E-state index is -4.76. The average Bonchev–Trinajstić information content (AvgIpc) is 2.51. The number of rotatable bonds is 4. The number of hydrogen-bond donors (Lipinski definition) is 2. The Hall–Kier alpha value is -2.12. The summed E-state index contributed by atoms with van der Waals surface area (Å²) in [4.78, 5) is 4.16. The zero-order chi connectivity index (χ0) is 18.3. The van der Waals surface area contributed by atoms with E-state index in [-0.39, 0.29) is 18.6 Å². The third kappa shape index (κ3) is 3.62. The normalized spacial score (nSPS) is 27.4. The maximum atomic E-state index is 12.3. The number of ether oxygens (including phenoxy) is 1. The van der Waals surface area contributed by atoms with Crippen LogP contribution in [0.3, 0.4) is 0 Å². The Morgan fingerprint density at radius 3 is 2.24 bits per heavy atom. The fourth-order valence-electron chi connectivity index (χ4n) is 3.67. The number of pyridine rings is 1. The van der Waals surface area contributed by atoms with Gasteiger partial charge in [-0.25, -0.2) is 0 Å². The Kier molecular flexibility index (Phi) is 4.25. The molecule has 1 saturated carbocycles. The molecule has 1 aromatic heterocycles. The van der Waals surface area contributed by atoms with Gasteiger partial charge in [0.25, 0.3) is 0 Å². The molecule has 1 aliphatic rings. The summed E-state index contributed by atoms with van der Waals surface area (Å²) in [5, 5.41) is 21.1. The summed E-state index contributed by atoms with van der Waals surface area (Å²) in [5.74, 6) is -0.329. The summed E-state index contributed by atoms with van der Waals surface area (Å²) in [5.41, 5.74) is -0.675. The fraction of sp³-hybridized carbons (Fsp3) is 0.389. The van der Waals surface area contributed by atoms with Crippen molar-refractivity contribution in [1.82, 2.24) is 4.98 Å². The molecule has 7 heteroatoms. The molecule has 0 spiro atoms. The first-order chi connectivity index (χ1) is 11.6. The van der Waals surface area contributed by atoms with Gasteiger partial charge in [0.15, 0.2) is 0 Å². The molecule has 0 radical (unpaired) electrons. The number of hydrogen-bond acceptors (Lipinski definition) is 4. The molecule has 0 saturated heterocycles. The van der Waals surface area contributed by atoms with Crippen LogP contribution < -0.4 is 4.74 Å². The van der Waals surface area contributed by atoms with Crippen LogP contribution in [0.15, 0.2) is 48.7 Å². The molecule has 2 N–H and O–H groups in total. The molecule has 1 aromatic carbocycles. The predicted octanol–water partition coefficient (Wildman–Crippen LogP) is 3.50. The molecule has 3 rings (SSSR count). The summed E-state index contributed by atoms with van der Waals surface area (Å²) >= 11 is 0. The predicted molar refractivity (Wildman–Crippen MR) is 83.9 cm³/mol. The van der Waals surface area contributed by atoms with Crippen molar-refractivity contribution in [3.8, 4) is 5.75 Å². The van der Waals surface area contributed by atoms with Crippen molar-refractivity contribution in [2.24, 2.45) is 0 Å². The average molecular weight is 353 g/mol. The van der Waals surface area contributed by atoms with Crippen LogP contribution in [0, 0.1) is 0 Å². The van der Waals surface area contributed by atoms with Crippen LogP contribution in [0.5, 0.6) is 5.75 Å². The van der Waals surface area contributed by atoms with E-state index in [1.807, 2.05) is 0 Å². The number of alkyl halides is 3. The molecular weight excluding hydrogens is 335 g/mol. The summed E-state index contributed by atoms with van der Waals surface area (Å²) in [6.45, 7) is 1.66. The highest BCUT2D eigenvalue weighted by Gasteiger charge is 2.56. The molecule has 4 nitrogen and oxygen atoms in total. The van der Waals surface area contributed by atoms with E-state index < -0.39 is 23.5 Å². The second kappa shape index (κ2) is 6.00. The van der Waals surface area contributed by atoms with Crippen molar-refractivity contribution in [2.45, 2.75) is 43.2 Å². The van der Waals surface area contributed by atoms with Crippen LogP contribution in [0.1, 0.15) is 37.1 Å². The molecule has 1 fully saturated rings. The number of aliphatic hydroxyl groups excluding tert-OH is 1. The first-order valence-corrected chi connectivity index (χ1v) is 7.79. The Bertz CT molecular complexity index is 721. The van der Waals surface area contributed by atoms with Crippen LogP contribution >= 0.6 is 0 Å². The highest BCUT2D eigenvalue weighted by molar-refractivity contribution is 5.38. The Labute approximate surface area is 142 Å². The van der Waals surface area contributed by atoms with E-state index in [0.29, 0.717) is 11.3 Å². The molecule has 0 amide bonds. The van der Waals surface area contributed by atoms with Gasteiger partial charge in [0.1, 0.15) is 11.9 Å². The Morgan fingerprint density at radius 2 is 1.76 bits per heavy atom. The van der Waals surface area contributed by atoms with E-state index in [2.05, 4.69) is 9.72 Å². The third-order valence-corrected chi connectivity index (χ3v) is 4.55. The van der Waals surface area contributed by atoms with E-state index in [4.69, 9.17) is 0 Å². The topological polar surface area (TPSA) is 62.6 Å². The van der Waals surface area contributed by atoms with E-state index in [9.17, 15) is 23.4 Å². The smallest absolute Gasteiger partial charge is 0.406 e. The molecular formula is C18H18F3NO3. The molecule has 0 unspecified atom stereocenters. The van der Waals surface area contributed by atoms with Gasteiger partial charge in [0.05, 0.1) is 11.3 Å². The van der Waals surface area contributed by atoms with Crippen LogP contribution in [0.2, 0.25) is 0 Å². The molecule has 25 heavy (non-hydrogen) atoms.